The minimum Gasteiger partial charge on any atom is -0.465 e. The molecule has 30 heavy (non-hydrogen) atoms. The number of fused-ring (bicyclic) bond motifs is 1. The largest absolute Gasteiger partial charge is 0.465 e. The second-order valence-corrected chi connectivity index (χ2v) is 7.44. The van der Waals surface area contributed by atoms with E-state index in [0.29, 0.717) is 18.5 Å². The van der Waals surface area contributed by atoms with Gasteiger partial charge in [0.2, 0.25) is 0 Å². The van der Waals surface area contributed by atoms with Crippen molar-refractivity contribution in [1.29, 1.82) is 0 Å². The number of anilines is 1. The molecule has 10 nitrogen and oxygen atoms in total. The monoisotopic (exact) mass is 433 g/mol. The number of nitrogens with zero attached hydrogens (tertiary/aromatic N) is 2. The fraction of sp³-hybridized carbons (Fsp3) is 0.316. The summed E-state index contributed by atoms with van der Waals surface area (Å²) in [5.41, 5.74) is 0.812. The summed E-state index contributed by atoms with van der Waals surface area (Å²) in [6.45, 7) is 2.58. The quantitative estimate of drug-likeness (QED) is 0.435. The molecule has 1 aromatic carbocycles. The number of carbonyl (C=O) groups excluding carboxylic acids is 3. The first-order valence-electron chi connectivity index (χ1n) is 9.06. The van der Waals surface area contributed by atoms with Crippen molar-refractivity contribution in [2.45, 2.75) is 19.9 Å². The first-order valence-corrected chi connectivity index (χ1v) is 9.87. The van der Waals surface area contributed by atoms with Crippen LogP contribution in [0.5, 0.6) is 0 Å². The van der Waals surface area contributed by atoms with Crippen molar-refractivity contribution in [3.63, 3.8) is 0 Å². The third-order valence-electron chi connectivity index (χ3n) is 4.52. The Hall–Kier alpha value is -3.47. The molecule has 0 spiro atoms. The van der Waals surface area contributed by atoms with Gasteiger partial charge in [0, 0.05) is 29.1 Å². The molecule has 0 fully saturated rings. The second kappa shape index (κ2) is 8.91. The lowest BCUT2D eigenvalue weighted by Gasteiger charge is -2.26. The molecular formula is C19H19N3O7S. The molecule has 0 unspecified atom stereocenters. The number of amides is 2. The highest BCUT2D eigenvalue weighted by atomic mass is 32.1. The molecule has 0 radical (unpaired) electrons. The summed E-state index contributed by atoms with van der Waals surface area (Å²) >= 11 is 1.16. The van der Waals surface area contributed by atoms with E-state index in [9.17, 15) is 24.5 Å². The van der Waals surface area contributed by atoms with Crippen LogP contribution in [0.15, 0.2) is 24.3 Å². The van der Waals surface area contributed by atoms with Gasteiger partial charge in [-0.15, -0.1) is 11.3 Å². The van der Waals surface area contributed by atoms with Crippen LogP contribution in [0.4, 0.5) is 15.5 Å². The molecule has 1 aliphatic heterocycles. The molecule has 2 heterocycles. The number of thiophene rings is 1. The number of hydrogen-bond donors (Lipinski definition) is 1. The van der Waals surface area contributed by atoms with Gasteiger partial charge in [0.1, 0.15) is 5.00 Å². The summed E-state index contributed by atoms with van der Waals surface area (Å²) in [6, 6.07) is 5.29. The fourth-order valence-corrected chi connectivity index (χ4v) is 4.36. The Kier molecular flexibility index (Phi) is 6.31. The number of carbonyl (C=O) groups is 3. The van der Waals surface area contributed by atoms with Crippen LogP contribution in [0.25, 0.3) is 0 Å². The number of nitro benzene ring substituents is 1. The molecule has 0 saturated carbocycles. The van der Waals surface area contributed by atoms with Gasteiger partial charge in [0.15, 0.2) is 0 Å². The molecule has 0 aliphatic carbocycles. The average molecular weight is 433 g/mol. The van der Waals surface area contributed by atoms with Gasteiger partial charge in [0.25, 0.3) is 11.6 Å². The molecule has 1 aromatic heterocycles. The molecule has 2 amide bonds. The Morgan fingerprint density at radius 3 is 2.77 bits per heavy atom. The average Bonchev–Trinajstić information content (AvgIpc) is 3.10. The number of hydrogen-bond acceptors (Lipinski definition) is 8. The van der Waals surface area contributed by atoms with Crippen LogP contribution in [0.3, 0.4) is 0 Å². The van der Waals surface area contributed by atoms with E-state index in [1.807, 2.05) is 0 Å². The van der Waals surface area contributed by atoms with Crippen molar-refractivity contribution < 1.29 is 28.8 Å². The maximum absolute atomic E-state index is 12.7. The predicted molar refractivity (Wildman–Crippen MR) is 108 cm³/mol. The minimum absolute atomic E-state index is 0.0829. The van der Waals surface area contributed by atoms with Crippen LogP contribution < -0.4 is 5.32 Å². The lowest BCUT2D eigenvalue weighted by molar-refractivity contribution is -0.384. The summed E-state index contributed by atoms with van der Waals surface area (Å²) < 4.78 is 9.90. The normalized spacial score (nSPS) is 12.7. The van der Waals surface area contributed by atoms with Gasteiger partial charge in [-0.2, -0.15) is 0 Å². The van der Waals surface area contributed by atoms with Crippen molar-refractivity contribution in [3.8, 4) is 0 Å². The van der Waals surface area contributed by atoms with E-state index in [2.05, 4.69) is 5.32 Å². The molecule has 1 aliphatic rings. The zero-order valence-corrected chi connectivity index (χ0v) is 17.1. The topological polar surface area (TPSA) is 128 Å². The molecule has 158 valence electrons. The molecular weight excluding hydrogens is 414 g/mol. The zero-order chi connectivity index (χ0) is 21.8. The maximum atomic E-state index is 12.7. The molecule has 3 rings (SSSR count). The number of nitro groups is 1. The first-order chi connectivity index (χ1) is 14.3. The lowest BCUT2D eigenvalue weighted by Crippen LogP contribution is -2.36. The number of benzene rings is 1. The first kappa shape index (κ1) is 21.2. The Labute approximate surface area is 175 Å². The van der Waals surface area contributed by atoms with Crippen molar-refractivity contribution in [3.05, 3.63) is 55.9 Å². The Morgan fingerprint density at radius 2 is 2.10 bits per heavy atom. The minimum atomic E-state index is -0.605. The predicted octanol–water partition coefficient (Wildman–Crippen LogP) is 3.21. The van der Waals surface area contributed by atoms with E-state index < -0.39 is 22.9 Å². The molecule has 0 atom stereocenters. The van der Waals surface area contributed by atoms with Crippen LogP contribution >= 0.6 is 11.3 Å². The SMILES string of the molecule is CCOC(=O)N1CCc2c(sc(NC(=O)c3cccc([N+](=O)[O-])c3)c2C(=O)OC)C1. The van der Waals surface area contributed by atoms with E-state index in [1.54, 1.807) is 6.92 Å². The third kappa shape index (κ3) is 4.25. The van der Waals surface area contributed by atoms with Gasteiger partial charge in [-0.25, -0.2) is 9.59 Å². The Balaban J connectivity index is 1.91. The summed E-state index contributed by atoms with van der Waals surface area (Å²) in [6.07, 6.45) is -0.0414. The number of ether oxygens (including phenoxy) is 2. The van der Waals surface area contributed by atoms with Crippen LogP contribution in [0, 0.1) is 10.1 Å². The van der Waals surface area contributed by atoms with Crippen molar-refractivity contribution in [1.82, 2.24) is 4.90 Å². The zero-order valence-electron chi connectivity index (χ0n) is 16.3. The van der Waals surface area contributed by atoms with Crippen molar-refractivity contribution in [2.75, 3.05) is 25.6 Å². The van der Waals surface area contributed by atoms with E-state index in [1.165, 1.54) is 30.2 Å². The van der Waals surface area contributed by atoms with Gasteiger partial charge in [-0.1, -0.05) is 6.07 Å². The molecule has 1 N–H and O–H groups in total. The smallest absolute Gasteiger partial charge is 0.410 e. The van der Waals surface area contributed by atoms with Crippen LogP contribution in [0.2, 0.25) is 0 Å². The molecule has 0 bridgehead atoms. The number of rotatable bonds is 5. The van der Waals surface area contributed by atoms with Crippen LogP contribution in [0.1, 0.15) is 38.1 Å². The lowest BCUT2D eigenvalue weighted by atomic mass is 10.0. The number of nitrogens with one attached hydrogen (secondary N) is 1. The van der Waals surface area contributed by atoms with Crippen molar-refractivity contribution >= 4 is 40.0 Å². The number of methoxy groups -OCH3 is 1. The highest BCUT2D eigenvalue weighted by molar-refractivity contribution is 7.17. The van der Waals surface area contributed by atoms with E-state index in [-0.39, 0.29) is 35.0 Å². The number of non-ortho nitro benzene ring substituents is 1. The highest BCUT2D eigenvalue weighted by Crippen LogP contribution is 2.38. The maximum Gasteiger partial charge on any atom is 0.410 e. The third-order valence-corrected chi connectivity index (χ3v) is 5.65. The standard InChI is InChI=1S/C19H19N3O7S/c1-3-29-19(25)21-8-7-13-14(10-21)30-17(15(13)18(24)28-2)20-16(23)11-5-4-6-12(9-11)22(26)27/h4-6,9H,3,7-8,10H2,1-2H3,(H,20,23). The number of esters is 1. The second-order valence-electron chi connectivity index (χ2n) is 6.33. The van der Waals surface area contributed by atoms with Crippen LogP contribution in [-0.4, -0.2) is 48.1 Å². The summed E-state index contributed by atoms with van der Waals surface area (Å²) in [4.78, 5) is 49.7. The summed E-state index contributed by atoms with van der Waals surface area (Å²) in [5, 5.41) is 13.9. The van der Waals surface area contributed by atoms with E-state index in [4.69, 9.17) is 9.47 Å². The Morgan fingerprint density at radius 1 is 1.33 bits per heavy atom. The van der Waals surface area contributed by atoms with Gasteiger partial charge >= 0.3 is 12.1 Å². The molecule has 2 aromatic rings. The Bertz CT molecular complexity index is 1020. The van der Waals surface area contributed by atoms with Gasteiger partial charge in [0.05, 0.1) is 30.7 Å². The highest BCUT2D eigenvalue weighted by Gasteiger charge is 2.31. The molecule has 0 saturated heterocycles. The van der Waals surface area contributed by atoms with Gasteiger partial charge in [-0.3, -0.25) is 14.9 Å². The van der Waals surface area contributed by atoms with E-state index in [0.717, 1.165) is 22.3 Å². The fourth-order valence-electron chi connectivity index (χ4n) is 3.12. The molecule has 11 heteroatoms. The van der Waals surface area contributed by atoms with Gasteiger partial charge in [-0.05, 0) is 25.0 Å². The van der Waals surface area contributed by atoms with E-state index >= 15 is 0 Å². The van der Waals surface area contributed by atoms with Crippen LogP contribution in [-0.2, 0) is 22.4 Å². The summed E-state index contributed by atoms with van der Waals surface area (Å²) in [7, 11) is 1.24. The van der Waals surface area contributed by atoms with Crippen molar-refractivity contribution in [2.24, 2.45) is 0 Å². The summed E-state index contributed by atoms with van der Waals surface area (Å²) in [5.74, 6) is -1.20. The van der Waals surface area contributed by atoms with Gasteiger partial charge < -0.3 is 19.7 Å².